The first kappa shape index (κ1) is 10.1. The van der Waals surface area contributed by atoms with E-state index in [1.807, 2.05) is 24.6 Å². The number of aromatic nitrogens is 2. The third kappa shape index (κ3) is 2.34. The van der Waals surface area contributed by atoms with Gasteiger partial charge in [-0.05, 0) is 29.8 Å². The van der Waals surface area contributed by atoms with Crippen molar-refractivity contribution >= 4 is 15.9 Å². The molecular formula is C9H13BrN2O2. The van der Waals surface area contributed by atoms with Crippen LogP contribution in [0.15, 0.2) is 17.1 Å². The van der Waals surface area contributed by atoms with Gasteiger partial charge in [0.05, 0.1) is 19.5 Å². The summed E-state index contributed by atoms with van der Waals surface area (Å²) >= 11 is 3.30. The highest BCUT2D eigenvalue weighted by atomic mass is 79.9. The Bertz CT molecular complexity index is 324. The summed E-state index contributed by atoms with van der Waals surface area (Å²) in [6, 6.07) is 0. The lowest BCUT2D eigenvalue weighted by atomic mass is 10.3. The van der Waals surface area contributed by atoms with Gasteiger partial charge in [0, 0.05) is 6.20 Å². The first-order valence-corrected chi connectivity index (χ1v) is 5.33. The van der Waals surface area contributed by atoms with Crippen molar-refractivity contribution < 1.29 is 9.47 Å². The molecule has 0 N–H and O–H groups in total. The van der Waals surface area contributed by atoms with Gasteiger partial charge in [-0.25, -0.2) is 4.98 Å². The van der Waals surface area contributed by atoms with Crippen molar-refractivity contribution in [3.05, 3.63) is 17.1 Å². The molecular weight excluding hydrogens is 248 g/mol. The molecule has 78 valence electrons. The fraction of sp³-hybridized carbons (Fsp3) is 0.667. The number of rotatable bonds is 2. The topological polar surface area (TPSA) is 36.3 Å². The molecule has 1 saturated heterocycles. The molecule has 14 heavy (non-hydrogen) atoms. The first-order chi connectivity index (χ1) is 6.55. The lowest BCUT2D eigenvalue weighted by Gasteiger charge is -2.17. The molecule has 0 amide bonds. The average Bonchev–Trinajstić information content (AvgIpc) is 2.59. The second-order valence-corrected chi connectivity index (χ2v) is 4.66. The third-order valence-electron chi connectivity index (χ3n) is 2.08. The quantitative estimate of drug-likeness (QED) is 0.814. The van der Waals surface area contributed by atoms with Gasteiger partial charge < -0.3 is 14.0 Å². The van der Waals surface area contributed by atoms with Gasteiger partial charge in [0.25, 0.3) is 0 Å². The second-order valence-electron chi connectivity index (χ2n) is 3.84. The molecule has 1 aliphatic rings. The monoisotopic (exact) mass is 260 g/mol. The van der Waals surface area contributed by atoms with Crippen LogP contribution in [0.5, 0.6) is 0 Å². The van der Waals surface area contributed by atoms with E-state index in [0.29, 0.717) is 6.61 Å². The fourth-order valence-corrected chi connectivity index (χ4v) is 1.88. The molecule has 0 saturated carbocycles. The van der Waals surface area contributed by atoms with Gasteiger partial charge in [-0.3, -0.25) is 0 Å². The van der Waals surface area contributed by atoms with E-state index in [2.05, 4.69) is 20.9 Å². The highest BCUT2D eigenvalue weighted by molar-refractivity contribution is 9.10. The zero-order valence-electron chi connectivity index (χ0n) is 8.24. The van der Waals surface area contributed by atoms with E-state index in [0.717, 1.165) is 11.1 Å². The summed E-state index contributed by atoms with van der Waals surface area (Å²) in [5, 5.41) is 0. The highest BCUT2D eigenvalue weighted by Gasteiger charge is 2.32. The maximum atomic E-state index is 5.68. The van der Waals surface area contributed by atoms with Crippen LogP contribution in [0, 0.1) is 0 Å². The molecule has 2 heterocycles. The van der Waals surface area contributed by atoms with Gasteiger partial charge in [-0.2, -0.15) is 0 Å². The van der Waals surface area contributed by atoms with Crippen LogP contribution in [0.1, 0.15) is 13.8 Å². The van der Waals surface area contributed by atoms with Crippen LogP contribution in [0.25, 0.3) is 0 Å². The molecule has 0 radical (unpaired) electrons. The first-order valence-electron chi connectivity index (χ1n) is 4.54. The Morgan fingerprint density at radius 3 is 3.00 bits per heavy atom. The molecule has 4 nitrogen and oxygen atoms in total. The van der Waals surface area contributed by atoms with E-state index in [4.69, 9.17) is 9.47 Å². The van der Waals surface area contributed by atoms with Crippen LogP contribution in [0.4, 0.5) is 0 Å². The zero-order valence-corrected chi connectivity index (χ0v) is 9.82. The largest absolute Gasteiger partial charge is 0.348 e. The third-order valence-corrected chi connectivity index (χ3v) is 2.49. The van der Waals surface area contributed by atoms with Crippen LogP contribution in [0.3, 0.4) is 0 Å². The molecule has 0 aliphatic carbocycles. The van der Waals surface area contributed by atoms with E-state index >= 15 is 0 Å². The Hall–Kier alpha value is -0.390. The van der Waals surface area contributed by atoms with Crippen molar-refractivity contribution in [3.63, 3.8) is 0 Å². The molecule has 5 heteroatoms. The number of halogens is 1. The summed E-state index contributed by atoms with van der Waals surface area (Å²) in [7, 11) is 0. The summed E-state index contributed by atoms with van der Waals surface area (Å²) in [5.74, 6) is -0.442. The van der Waals surface area contributed by atoms with E-state index in [-0.39, 0.29) is 6.10 Å². The molecule has 1 aromatic rings. The minimum atomic E-state index is -0.442. The fourth-order valence-electron chi connectivity index (χ4n) is 1.52. The van der Waals surface area contributed by atoms with Crippen LogP contribution in [-0.2, 0) is 16.0 Å². The summed E-state index contributed by atoms with van der Waals surface area (Å²) in [6.07, 6.45) is 3.82. The summed E-state index contributed by atoms with van der Waals surface area (Å²) in [4.78, 5) is 4.08. The minimum absolute atomic E-state index is 0.117. The van der Waals surface area contributed by atoms with E-state index in [9.17, 15) is 0 Å². The van der Waals surface area contributed by atoms with E-state index in [1.54, 1.807) is 6.33 Å². The van der Waals surface area contributed by atoms with E-state index in [1.165, 1.54) is 0 Å². The Kier molecular flexibility index (Phi) is 2.64. The predicted molar refractivity (Wildman–Crippen MR) is 54.8 cm³/mol. The van der Waals surface area contributed by atoms with Crippen molar-refractivity contribution in [2.24, 2.45) is 0 Å². The molecule has 1 aromatic heterocycles. The Balaban J connectivity index is 1.94. The Morgan fingerprint density at radius 2 is 2.50 bits per heavy atom. The number of nitrogens with zero attached hydrogens (tertiary/aromatic N) is 2. The minimum Gasteiger partial charge on any atom is -0.348 e. The second kappa shape index (κ2) is 3.64. The number of hydrogen-bond donors (Lipinski definition) is 0. The molecule has 1 atom stereocenters. The molecule has 1 fully saturated rings. The summed E-state index contributed by atoms with van der Waals surface area (Å²) < 4.78 is 14.0. The van der Waals surface area contributed by atoms with Crippen molar-refractivity contribution in [3.8, 4) is 0 Å². The average molecular weight is 261 g/mol. The molecule has 1 aliphatic heterocycles. The molecule has 1 unspecified atom stereocenters. The maximum absolute atomic E-state index is 5.68. The summed E-state index contributed by atoms with van der Waals surface area (Å²) in [5.41, 5.74) is 0. The van der Waals surface area contributed by atoms with Gasteiger partial charge in [0.1, 0.15) is 10.7 Å². The maximum Gasteiger partial charge on any atom is 0.163 e. The van der Waals surface area contributed by atoms with Gasteiger partial charge in [-0.1, -0.05) is 0 Å². The lowest BCUT2D eigenvalue weighted by molar-refractivity contribution is -0.139. The van der Waals surface area contributed by atoms with Crippen molar-refractivity contribution in [2.75, 3.05) is 6.61 Å². The Labute approximate surface area is 91.3 Å². The van der Waals surface area contributed by atoms with Gasteiger partial charge in [0.15, 0.2) is 5.79 Å². The van der Waals surface area contributed by atoms with Crippen molar-refractivity contribution in [1.82, 2.24) is 9.55 Å². The highest BCUT2D eigenvalue weighted by Crippen LogP contribution is 2.23. The normalized spacial score (nSPS) is 25.5. The molecule has 0 aromatic carbocycles. The smallest absolute Gasteiger partial charge is 0.163 e. The van der Waals surface area contributed by atoms with Gasteiger partial charge in [0.2, 0.25) is 0 Å². The van der Waals surface area contributed by atoms with Crippen LogP contribution in [0.2, 0.25) is 0 Å². The number of imidazole rings is 1. The standard InChI is InChI=1S/C9H13BrN2O2/c1-9(2)13-5-7(14-9)3-12-4-8(10)11-6-12/h4,6-7H,3,5H2,1-2H3. The summed E-state index contributed by atoms with van der Waals surface area (Å²) in [6.45, 7) is 5.28. The number of hydrogen-bond acceptors (Lipinski definition) is 3. The van der Waals surface area contributed by atoms with Crippen LogP contribution in [-0.4, -0.2) is 28.0 Å². The lowest BCUT2D eigenvalue weighted by Crippen LogP contribution is -2.23. The Morgan fingerprint density at radius 1 is 1.71 bits per heavy atom. The SMILES string of the molecule is CC1(C)OCC(Cn2cnc(Br)c2)O1. The molecule has 0 spiro atoms. The van der Waals surface area contributed by atoms with Gasteiger partial charge in [-0.15, -0.1) is 0 Å². The van der Waals surface area contributed by atoms with Gasteiger partial charge >= 0.3 is 0 Å². The van der Waals surface area contributed by atoms with Crippen molar-refractivity contribution in [2.45, 2.75) is 32.3 Å². The predicted octanol–water partition coefficient (Wildman–Crippen LogP) is 1.80. The van der Waals surface area contributed by atoms with Crippen LogP contribution >= 0.6 is 15.9 Å². The van der Waals surface area contributed by atoms with Crippen molar-refractivity contribution in [1.29, 1.82) is 0 Å². The zero-order chi connectivity index (χ0) is 10.2. The number of ether oxygens (including phenoxy) is 2. The molecule has 2 rings (SSSR count). The van der Waals surface area contributed by atoms with E-state index < -0.39 is 5.79 Å². The van der Waals surface area contributed by atoms with Crippen LogP contribution < -0.4 is 0 Å². The molecule has 0 bridgehead atoms.